The Kier molecular flexibility index (Phi) is 6.71. The molecule has 0 saturated carbocycles. The second kappa shape index (κ2) is 8.94. The van der Waals surface area contributed by atoms with Crippen LogP contribution in [0, 0.1) is 5.41 Å². The number of nitrogens with one attached hydrogen (secondary N) is 2. The highest BCUT2D eigenvalue weighted by molar-refractivity contribution is 5.95. The number of rotatable bonds is 6. The van der Waals surface area contributed by atoms with Crippen LogP contribution in [0.1, 0.15) is 50.6 Å². The molecule has 3 rings (SSSR count). The normalized spacial score (nSPS) is 16.4. The van der Waals surface area contributed by atoms with Crippen LogP contribution in [0.25, 0.3) is 0 Å². The molecule has 2 N–H and O–H groups in total. The molecule has 0 radical (unpaired) electrons. The number of aromatic amines is 1. The second-order valence-electron chi connectivity index (χ2n) is 9.69. The summed E-state index contributed by atoms with van der Waals surface area (Å²) in [5.41, 5.74) is -1.70. The minimum absolute atomic E-state index is 0.0171. The van der Waals surface area contributed by atoms with Gasteiger partial charge in [-0.05, 0) is 47.4 Å². The molecule has 1 atom stereocenters. The van der Waals surface area contributed by atoms with Gasteiger partial charge in [0, 0.05) is 12.1 Å². The lowest BCUT2D eigenvalue weighted by atomic mass is 9.91. The third kappa shape index (κ3) is 4.75. The van der Waals surface area contributed by atoms with Crippen LogP contribution < -0.4 is 5.32 Å². The Hall–Kier alpha value is -3.08. The van der Waals surface area contributed by atoms with E-state index in [4.69, 9.17) is 4.74 Å². The first-order chi connectivity index (χ1) is 15.7. The largest absolute Gasteiger partial charge is 0.440 e. The van der Waals surface area contributed by atoms with Gasteiger partial charge >= 0.3 is 12.3 Å². The van der Waals surface area contributed by atoms with E-state index in [1.807, 2.05) is 49.3 Å². The lowest BCUT2D eigenvalue weighted by molar-refractivity contribution is -0.208. The number of benzene rings is 1. The predicted octanol–water partition coefficient (Wildman–Crippen LogP) is 4.43. The van der Waals surface area contributed by atoms with E-state index in [1.165, 1.54) is 4.90 Å². The fourth-order valence-corrected chi connectivity index (χ4v) is 3.70. The van der Waals surface area contributed by atoms with Gasteiger partial charge in [-0.25, -0.2) is 4.79 Å². The Morgan fingerprint density at radius 1 is 1.24 bits per heavy atom. The number of hydrogen-bond acceptors (Lipinski definition) is 5. The van der Waals surface area contributed by atoms with E-state index in [-0.39, 0.29) is 12.4 Å². The lowest BCUT2D eigenvalue weighted by Crippen LogP contribution is -2.43. The third-order valence-corrected chi connectivity index (χ3v) is 6.14. The van der Waals surface area contributed by atoms with Crippen LogP contribution in [0.15, 0.2) is 30.3 Å². The van der Waals surface area contributed by atoms with Gasteiger partial charge in [0.25, 0.3) is 0 Å². The zero-order chi connectivity index (χ0) is 25.5. The van der Waals surface area contributed by atoms with Crippen LogP contribution >= 0.6 is 0 Å². The molecule has 0 spiro atoms. The summed E-state index contributed by atoms with van der Waals surface area (Å²) in [6, 6.07) is 9.34. The molecule has 186 valence electrons. The number of alkyl halides is 3. The van der Waals surface area contributed by atoms with E-state index < -0.39 is 35.2 Å². The molecule has 0 saturated heterocycles. The number of ether oxygens (including phenoxy) is 1. The summed E-state index contributed by atoms with van der Waals surface area (Å²) >= 11 is 0. The number of aromatic nitrogens is 2. The van der Waals surface area contributed by atoms with Crippen molar-refractivity contribution in [1.82, 2.24) is 20.0 Å². The standard InChI is InChI=1S/C23H30F3N5O3/c1-21(2,23(24,25)26)19(32)27-18-15-12-31(22(3,4)17(15)28-29-18)20(33)34-16(13-30(5)6)14-10-8-7-9-11-14/h7-11,16H,12-13H2,1-6H3,(H2,27,28,29,32). The number of H-pyrrole nitrogens is 1. The van der Waals surface area contributed by atoms with Crippen LogP contribution in [0.5, 0.6) is 0 Å². The first-order valence-electron chi connectivity index (χ1n) is 10.8. The quantitative estimate of drug-likeness (QED) is 0.637. The maximum atomic E-state index is 13.3. The Balaban J connectivity index is 1.81. The Morgan fingerprint density at radius 3 is 2.41 bits per heavy atom. The van der Waals surface area contributed by atoms with Gasteiger partial charge in [0.2, 0.25) is 5.91 Å². The zero-order valence-electron chi connectivity index (χ0n) is 20.1. The first-order valence-corrected chi connectivity index (χ1v) is 10.8. The Labute approximate surface area is 196 Å². The van der Waals surface area contributed by atoms with E-state index in [2.05, 4.69) is 15.5 Å². The summed E-state index contributed by atoms with van der Waals surface area (Å²) in [5.74, 6) is -1.27. The average molecular weight is 482 g/mol. The maximum Gasteiger partial charge on any atom is 0.411 e. The van der Waals surface area contributed by atoms with E-state index in [9.17, 15) is 22.8 Å². The topological polar surface area (TPSA) is 90.6 Å². The van der Waals surface area contributed by atoms with Gasteiger partial charge in [0.05, 0.1) is 17.8 Å². The van der Waals surface area contributed by atoms with E-state index in [0.717, 1.165) is 19.4 Å². The second-order valence-corrected chi connectivity index (χ2v) is 9.69. The molecule has 11 heteroatoms. The fraction of sp³-hybridized carbons (Fsp3) is 0.522. The molecule has 1 aromatic heterocycles. The fourth-order valence-electron chi connectivity index (χ4n) is 3.70. The summed E-state index contributed by atoms with van der Waals surface area (Å²) in [7, 11) is 3.74. The van der Waals surface area contributed by atoms with Crippen molar-refractivity contribution in [1.29, 1.82) is 0 Å². The highest BCUT2D eigenvalue weighted by Gasteiger charge is 2.53. The molecule has 2 amide bonds. The smallest absolute Gasteiger partial charge is 0.411 e. The van der Waals surface area contributed by atoms with Crippen molar-refractivity contribution >= 4 is 17.8 Å². The number of hydrogen-bond donors (Lipinski definition) is 2. The molecule has 34 heavy (non-hydrogen) atoms. The zero-order valence-corrected chi connectivity index (χ0v) is 20.1. The van der Waals surface area contributed by atoms with Crippen molar-refractivity contribution < 1.29 is 27.5 Å². The summed E-state index contributed by atoms with van der Waals surface area (Å²) in [6.45, 7) is 5.63. The van der Waals surface area contributed by atoms with Crippen molar-refractivity contribution in [2.75, 3.05) is 26.0 Å². The molecule has 1 aliphatic rings. The van der Waals surface area contributed by atoms with E-state index in [1.54, 1.807) is 13.8 Å². The minimum atomic E-state index is -4.73. The van der Waals surface area contributed by atoms with Crippen LogP contribution in [0.3, 0.4) is 0 Å². The average Bonchev–Trinajstić information content (AvgIpc) is 3.25. The number of nitrogens with zero attached hydrogens (tertiary/aromatic N) is 3. The molecule has 0 bridgehead atoms. The molecular formula is C23H30F3N5O3. The number of anilines is 1. The SMILES string of the molecule is CN(C)CC(OC(=O)N1Cc2c(NC(=O)C(C)(C)C(F)(F)F)n[nH]c2C1(C)C)c1ccccc1. The van der Waals surface area contributed by atoms with Gasteiger partial charge in [-0.1, -0.05) is 30.3 Å². The molecule has 1 unspecified atom stereocenters. The van der Waals surface area contributed by atoms with Crippen LogP contribution in [-0.4, -0.2) is 58.8 Å². The summed E-state index contributed by atoms with van der Waals surface area (Å²) in [4.78, 5) is 29.0. The highest BCUT2D eigenvalue weighted by atomic mass is 19.4. The molecule has 2 aromatic rings. The number of halogens is 3. The van der Waals surface area contributed by atoms with E-state index in [0.29, 0.717) is 17.8 Å². The number of carbonyl (C=O) groups is 2. The summed E-state index contributed by atoms with van der Waals surface area (Å²) < 4.78 is 45.7. The molecular weight excluding hydrogens is 451 g/mol. The van der Waals surface area contributed by atoms with Gasteiger partial charge in [-0.15, -0.1) is 0 Å². The van der Waals surface area contributed by atoms with Gasteiger partial charge in [0.15, 0.2) is 5.82 Å². The van der Waals surface area contributed by atoms with Crippen LogP contribution in [0.4, 0.5) is 23.8 Å². The third-order valence-electron chi connectivity index (χ3n) is 6.14. The van der Waals surface area contributed by atoms with Crippen molar-refractivity contribution in [3.05, 3.63) is 47.2 Å². The van der Waals surface area contributed by atoms with Crippen LogP contribution in [-0.2, 0) is 21.6 Å². The number of carbonyl (C=O) groups excluding carboxylic acids is 2. The summed E-state index contributed by atoms with van der Waals surface area (Å²) in [6.07, 6.45) is -5.84. The predicted molar refractivity (Wildman–Crippen MR) is 120 cm³/mol. The molecule has 2 heterocycles. The molecule has 8 nitrogen and oxygen atoms in total. The van der Waals surface area contributed by atoms with Gasteiger partial charge in [0.1, 0.15) is 11.5 Å². The maximum absolute atomic E-state index is 13.3. The van der Waals surface area contributed by atoms with Gasteiger partial charge in [-0.3, -0.25) is 14.8 Å². The number of likely N-dealkylation sites (N-methyl/N-ethyl adjacent to an activating group) is 1. The Bertz CT molecular complexity index is 1050. The first kappa shape index (κ1) is 25.5. The Morgan fingerprint density at radius 2 is 1.85 bits per heavy atom. The minimum Gasteiger partial charge on any atom is -0.440 e. The number of amides is 2. The lowest BCUT2D eigenvalue weighted by Gasteiger charge is -2.33. The molecule has 1 aromatic carbocycles. The van der Waals surface area contributed by atoms with Crippen molar-refractivity contribution in [2.45, 2.75) is 52.1 Å². The van der Waals surface area contributed by atoms with Crippen molar-refractivity contribution in [3.63, 3.8) is 0 Å². The highest BCUT2D eigenvalue weighted by Crippen LogP contribution is 2.43. The van der Waals surface area contributed by atoms with Gasteiger partial charge < -0.3 is 15.0 Å². The molecule has 0 fully saturated rings. The summed E-state index contributed by atoms with van der Waals surface area (Å²) in [5, 5.41) is 9.04. The molecule has 1 aliphatic heterocycles. The van der Waals surface area contributed by atoms with Gasteiger partial charge in [-0.2, -0.15) is 18.3 Å². The monoisotopic (exact) mass is 481 g/mol. The van der Waals surface area contributed by atoms with Crippen LogP contribution in [0.2, 0.25) is 0 Å². The van der Waals surface area contributed by atoms with Crippen molar-refractivity contribution in [3.8, 4) is 0 Å². The molecule has 0 aliphatic carbocycles. The number of fused-ring (bicyclic) bond motifs is 1. The van der Waals surface area contributed by atoms with E-state index >= 15 is 0 Å². The van der Waals surface area contributed by atoms with Crippen molar-refractivity contribution in [2.24, 2.45) is 5.41 Å².